The van der Waals surface area contributed by atoms with Crippen LogP contribution in [0.15, 0.2) is 29.2 Å². The fourth-order valence-corrected chi connectivity index (χ4v) is 1.84. The van der Waals surface area contributed by atoms with Crippen LogP contribution >= 0.6 is 12.6 Å². The molecule has 0 heterocycles. The minimum absolute atomic E-state index is 0.241. The summed E-state index contributed by atoms with van der Waals surface area (Å²) < 4.78 is 5.50. The van der Waals surface area contributed by atoms with Crippen LogP contribution in [-0.4, -0.2) is 7.11 Å². The summed E-state index contributed by atoms with van der Waals surface area (Å²) in [6.07, 6.45) is 5.12. The van der Waals surface area contributed by atoms with E-state index in [2.05, 4.69) is 31.7 Å². The number of hydrogen-bond donors (Lipinski definition) is 1. The fourth-order valence-electron chi connectivity index (χ4n) is 1.69. The van der Waals surface area contributed by atoms with Crippen LogP contribution < -0.4 is 0 Å². The van der Waals surface area contributed by atoms with Gasteiger partial charge in [0.2, 0.25) is 0 Å². The Labute approximate surface area is 98.3 Å². The molecule has 15 heavy (non-hydrogen) atoms. The lowest BCUT2D eigenvalue weighted by molar-refractivity contribution is 0.0932. The van der Waals surface area contributed by atoms with E-state index >= 15 is 0 Å². The van der Waals surface area contributed by atoms with Crippen LogP contribution in [0.1, 0.15) is 44.3 Å². The average molecular weight is 224 g/mol. The van der Waals surface area contributed by atoms with Crippen LogP contribution in [0.3, 0.4) is 0 Å². The Morgan fingerprint density at radius 3 is 2.40 bits per heavy atom. The first kappa shape index (κ1) is 12.6. The standard InChI is InChI=1S/C13H20OS/c1-3-4-5-6-13(14-2)11-7-9-12(15)10-8-11/h7-10,13,15H,3-6H2,1-2H3/t13-/m0/s1. The van der Waals surface area contributed by atoms with Gasteiger partial charge in [-0.3, -0.25) is 0 Å². The zero-order chi connectivity index (χ0) is 11.1. The Morgan fingerprint density at radius 1 is 1.20 bits per heavy atom. The van der Waals surface area contributed by atoms with Crippen molar-refractivity contribution in [2.75, 3.05) is 7.11 Å². The molecule has 1 atom stereocenters. The number of hydrogen-bond acceptors (Lipinski definition) is 2. The average Bonchev–Trinajstić information content (AvgIpc) is 2.26. The molecule has 0 saturated heterocycles. The first-order valence-electron chi connectivity index (χ1n) is 5.59. The first-order valence-corrected chi connectivity index (χ1v) is 6.04. The largest absolute Gasteiger partial charge is 0.377 e. The minimum atomic E-state index is 0.241. The molecule has 1 rings (SSSR count). The van der Waals surface area contributed by atoms with Gasteiger partial charge in [-0.1, -0.05) is 38.3 Å². The molecule has 1 nitrogen and oxygen atoms in total. The van der Waals surface area contributed by atoms with Crippen LogP contribution in [0.25, 0.3) is 0 Å². The second-order valence-electron chi connectivity index (χ2n) is 3.81. The normalized spacial score (nSPS) is 12.7. The van der Waals surface area contributed by atoms with E-state index in [1.54, 1.807) is 7.11 Å². The zero-order valence-electron chi connectivity index (χ0n) is 9.57. The van der Waals surface area contributed by atoms with Crippen LogP contribution in [-0.2, 0) is 4.74 Å². The molecule has 0 amide bonds. The Morgan fingerprint density at radius 2 is 1.87 bits per heavy atom. The summed E-state index contributed by atoms with van der Waals surface area (Å²) >= 11 is 4.27. The Balaban J connectivity index is 2.53. The van der Waals surface area contributed by atoms with Crippen molar-refractivity contribution in [1.29, 1.82) is 0 Å². The number of thiol groups is 1. The highest BCUT2D eigenvalue weighted by Gasteiger charge is 2.09. The van der Waals surface area contributed by atoms with E-state index in [0.29, 0.717) is 0 Å². The van der Waals surface area contributed by atoms with E-state index in [-0.39, 0.29) is 6.10 Å². The molecule has 0 bridgehead atoms. The van der Waals surface area contributed by atoms with Crippen LogP contribution in [0.2, 0.25) is 0 Å². The van der Waals surface area contributed by atoms with Crippen molar-refractivity contribution >= 4 is 12.6 Å². The molecule has 0 aliphatic carbocycles. The van der Waals surface area contributed by atoms with Crippen molar-refractivity contribution in [2.45, 2.75) is 43.6 Å². The maximum absolute atomic E-state index is 5.50. The van der Waals surface area contributed by atoms with E-state index in [0.717, 1.165) is 11.3 Å². The lowest BCUT2D eigenvalue weighted by Gasteiger charge is -2.15. The fraction of sp³-hybridized carbons (Fsp3) is 0.538. The molecule has 0 spiro atoms. The molecule has 0 N–H and O–H groups in total. The van der Waals surface area contributed by atoms with Gasteiger partial charge in [0.15, 0.2) is 0 Å². The van der Waals surface area contributed by atoms with E-state index < -0.39 is 0 Å². The van der Waals surface area contributed by atoms with Crippen molar-refractivity contribution < 1.29 is 4.74 Å². The second-order valence-corrected chi connectivity index (χ2v) is 4.33. The molecule has 0 aromatic heterocycles. The quantitative estimate of drug-likeness (QED) is 0.561. The molecule has 0 fully saturated rings. The van der Waals surface area contributed by atoms with Gasteiger partial charge in [0.25, 0.3) is 0 Å². The van der Waals surface area contributed by atoms with Gasteiger partial charge in [0.1, 0.15) is 0 Å². The molecular formula is C13H20OS. The molecule has 84 valence electrons. The zero-order valence-corrected chi connectivity index (χ0v) is 10.5. The van der Waals surface area contributed by atoms with E-state index in [4.69, 9.17) is 4.74 Å². The second kappa shape index (κ2) is 6.91. The Bertz CT molecular complexity index is 268. The summed E-state index contributed by atoms with van der Waals surface area (Å²) in [6.45, 7) is 2.22. The number of methoxy groups -OCH3 is 1. The molecule has 1 aromatic carbocycles. The van der Waals surface area contributed by atoms with Crippen molar-refractivity contribution in [2.24, 2.45) is 0 Å². The van der Waals surface area contributed by atoms with Crippen molar-refractivity contribution in [3.63, 3.8) is 0 Å². The molecule has 0 unspecified atom stereocenters. The van der Waals surface area contributed by atoms with Gasteiger partial charge in [0.05, 0.1) is 6.10 Å². The summed E-state index contributed by atoms with van der Waals surface area (Å²) in [7, 11) is 1.78. The highest BCUT2D eigenvalue weighted by atomic mass is 32.1. The number of ether oxygens (including phenoxy) is 1. The third-order valence-electron chi connectivity index (χ3n) is 2.62. The minimum Gasteiger partial charge on any atom is -0.377 e. The molecular weight excluding hydrogens is 204 g/mol. The number of unbranched alkanes of at least 4 members (excludes halogenated alkanes) is 2. The third kappa shape index (κ3) is 4.27. The molecule has 1 aromatic rings. The summed E-state index contributed by atoms with van der Waals surface area (Å²) in [4.78, 5) is 1.00. The number of benzene rings is 1. The summed E-state index contributed by atoms with van der Waals surface area (Å²) in [5.74, 6) is 0. The van der Waals surface area contributed by atoms with E-state index in [1.165, 1.54) is 24.8 Å². The summed E-state index contributed by atoms with van der Waals surface area (Å²) in [5, 5.41) is 0. The predicted molar refractivity (Wildman–Crippen MR) is 67.6 cm³/mol. The molecule has 2 heteroatoms. The van der Waals surface area contributed by atoms with Gasteiger partial charge in [-0.15, -0.1) is 12.6 Å². The van der Waals surface area contributed by atoms with Gasteiger partial charge < -0.3 is 4.74 Å². The Kier molecular flexibility index (Phi) is 5.81. The predicted octanol–water partition coefficient (Wildman–Crippen LogP) is 4.24. The summed E-state index contributed by atoms with van der Waals surface area (Å²) in [6, 6.07) is 8.24. The van der Waals surface area contributed by atoms with Gasteiger partial charge in [-0.2, -0.15) is 0 Å². The van der Waals surface area contributed by atoms with Gasteiger partial charge in [-0.25, -0.2) is 0 Å². The topological polar surface area (TPSA) is 9.23 Å². The van der Waals surface area contributed by atoms with Gasteiger partial charge in [-0.05, 0) is 24.1 Å². The van der Waals surface area contributed by atoms with Crippen LogP contribution in [0.4, 0.5) is 0 Å². The maximum Gasteiger partial charge on any atom is 0.0821 e. The van der Waals surface area contributed by atoms with E-state index in [1.807, 2.05) is 12.1 Å². The molecule has 0 aliphatic heterocycles. The molecule has 0 radical (unpaired) electrons. The highest BCUT2D eigenvalue weighted by molar-refractivity contribution is 7.80. The number of rotatable bonds is 6. The van der Waals surface area contributed by atoms with Gasteiger partial charge >= 0.3 is 0 Å². The lowest BCUT2D eigenvalue weighted by atomic mass is 10.0. The molecule has 0 saturated carbocycles. The van der Waals surface area contributed by atoms with Gasteiger partial charge in [0, 0.05) is 12.0 Å². The SMILES string of the molecule is CCCCC[C@H](OC)c1ccc(S)cc1. The van der Waals surface area contributed by atoms with Crippen LogP contribution in [0.5, 0.6) is 0 Å². The molecule has 0 aliphatic rings. The van der Waals surface area contributed by atoms with E-state index in [9.17, 15) is 0 Å². The monoisotopic (exact) mass is 224 g/mol. The smallest absolute Gasteiger partial charge is 0.0821 e. The van der Waals surface area contributed by atoms with Crippen LogP contribution in [0, 0.1) is 0 Å². The Hall–Kier alpha value is -0.470. The van der Waals surface area contributed by atoms with Crippen molar-refractivity contribution in [3.05, 3.63) is 29.8 Å². The summed E-state index contributed by atoms with van der Waals surface area (Å²) in [5.41, 5.74) is 1.26. The lowest BCUT2D eigenvalue weighted by Crippen LogP contribution is -2.01. The first-order chi connectivity index (χ1) is 7.27. The maximum atomic E-state index is 5.50. The third-order valence-corrected chi connectivity index (χ3v) is 2.92. The van der Waals surface area contributed by atoms with Crippen molar-refractivity contribution in [3.8, 4) is 0 Å². The van der Waals surface area contributed by atoms with Crippen molar-refractivity contribution in [1.82, 2.24) is 0 Å². The highest BCUT2D eigenvalue weighted by Crippen LogP contribution is 2.23.